The van der Waals surface area contributed by atoms with Crippen molar-refractivity contribution in [2.24, 2.45) is 5.73 Å². The molecule has 152 valence electrons. The smallest absolute Gasteiger partial charge is 0.262 e. The summed E-state index contributed by atoms with van der Waals surface area (Å²) in [5.74, 6) is -0.686. The Kier molecular flexibility index (Phi) is 5.94. The van der Waals surface area contributed by atoms with Crippen LogP contribution in [-0.4, -0.2) is 16.7 Å². The molecule has 30 heavy (non-hydrogen) atoms. The number of benzene rings is 2. The van der Waals surface area contributed by atoms with Crippen molar-refractivity contribution >= 4 is 39.7 Å². The summed E-state index contributed by atoms with van der Waals surface area (Å²) in [7, 11) is 0. The molecule has 0 aliphatic carbocycles. The fraction of sp³-hybridized carbons (Fsp3) is 0.0833. The lowest BCUT2D eigenvalue weighted by Crippen LogP contribution is -2.33. The van der Waals surface area contributed by atoms with E-state index >= 15 is 0 Å². The van der Waals surface area contributed by atoms with Crippen molar-refractivity contribution in [1.29, 1.82) is 0 Å². The Balaban J connectivity index is 2.20. The summed E-state index contributed by atoms with van der Waals surface area (Å²) in [5, 5.41) is 0.288. The molecule has 0 saturated heterocycles. The van der Waals surface area contributed by atoms with Gasteiger partial charge in [-0.1, -0.05) is 55.1 Å². The summed E-state index contributed by atoms with van der Waals surface area (Å²) in [6.45, 7) is 9.40. The standard InChI is InChI=1S/C24H22ClN3O2/c1-4-8-15(5-2)19-11-20(21(25)13-26)22(27)12-18(19)14(3)28-23(29)16-9-6-7-10-17(16)24(28)30/h4-14H,1-2,26-27H2,3H3/b15-8+,21-13+. The van der Waals surface area contributed by atoms with Gasteiger partial charge in [-0.2, -0.15) is 0 Å². The second-order valence-electron chi connectivity index (χ2n) is 6.81. The second kappa shape index (κ2) is 8.43. The molecular weight excluding hydrogens is 398 g/mol. The summed E-state index contributed by atoms with van der Waals surface area (Å²) in [6, 6.07) is 9.68. The third-order valence-corrected chi connectivity index (χ3v) is 5.45. The minimum Gasteiger partial charge on any atom is -0.403 e. The van der Waals surface area contributed by atoms with Gasteiger partial charge in [0.15, 0.2) is 0 Å². The van der Waals surface area contributed by atoms with Gasteiger partial charge in [0.05, 0.1) is 22.2 Å². The highest BCUT2D eigenvalue weighted by Crippen LogP contribution is 2.38. The third-order valence-electron chi connectivity index (χ3n) is 5.12. The van der Waals surface area contributed by atoms with Gasteiger partial charge >= 0.3 is 0 Å². The number of rotatable bonds is 6. The van der Waals surface area contributed by atoms with Crippen LogP contribution >= 0.6 is 11.6 Å². The number of hydrogen-bond donors (Lipinski definition) is 2. The Bertz CT molecular complexity index is 1100. The summed E-state index contributed by atoms with van der Waals surface area (Å²) in [4.78, 5) is 27.2. The number of imide groups is 1. The molecule has 1 heterocycles. The summed E-state index contributed by atoms with van der Waals surface area (Å²) < 4.78 is 0. The van der Waals surface area contributed by atoms with Crippen molar-refractivity contribution in [2.75, 3.05) is 5.73 Å². The molecule has 5 nitrogen and oxygen atoms in total. The molecule has 2 aromatic carbocycles. The van der Waals surface area contributed by atoms with Crippen LogP contribution in [0.4, 0.5) is 5.69 Å². The molecule has 0 fully saturated rings. The number of carbonyl (C=O) groups is 2. The Morgan fingerprint density at radius 1 is 1.10 bits per heavy atom. The van der Waals surface area contributed by atoms with Crippen molar-refractivity contribution in [2.45, 2.75) is 13.0 Å². The van der Waals surface area contributed by atoms with E-state index in [0.717, 1.165) is 11.1 Å². The van der Waals surface area contributed by atoms with Gasteiger partial charge in [0.1, 0.15) is 0 Å². The zero-order valence-electron chi connectivity index (χ0n) is 16.6. The predicted octanol–water partition coefficient (Wildman–Crippen LogP) is 4.88. The number of fused-ring (bicyclic) bond motifs is 1. The molecule has 2 amide bonds. The van der Waals surface area contributed by atoms with Gasteiger partial charge in [0.25, 0.3) is 11.8 Å². The molecule has 3 rings (SSSR count). The van der Waals surface area contributed by atoms with E-state index in [-0.39, 0.29) is 16.8 Å². The van der Waals surface area contributed by atoms with Crippen molar-refractivity contribution in [3.05, 3.63) is 102 Å². The topological polar surface area (TPSA) is 89.4 Å². The molecular formula is C24H22ClN3O2. The van der Waals surface area contributed by atoms with Gasteiger partial charge in [-0.3, -0.25) is 14.5 Å². The van der Waals surface area contributed by atoms with Crippen LogP contribution < -0.4 is 11.5 Å². The van der Waals surface area contributed by atoms with Crippen LogP contribution in [0.1, 0.15) is 50.4 Å². The van der Waals surface area contributed by atoms with Crippen LogP contribution in [0.15, 0.2) is 74.0 Å². The third kappa shape index (κ3) is 3.44. The van der Waals surface area contributed by atoms with Crippen molar-refractivity contribution in [3.63, 3.8) is 0 Å². The molecule has 1 aliphatic heterocycles. The minimum absolute atomic E-state index is 0.288. The van der Waals surface area contributed by atoms with Gasteiger partial charge < -0.3 is 11.5 Å². The number of nitrogens with zero attached hydrogens (tertiary/aromatic N) is 1. The first-order valence-corrected chi connectivity index (χ1v) is 9.67. The van der Waals surface area contributed by atoms with Crippen LogP contribution in [0.5, 0.6) is 0 Å². The van der Waals surface area contributed by atoms with Crippen LogP contribution in [0.2, 0.25) is 0 Å². The molecule has 0 radical (unpaired) electrons. The lowest BCUT2D eigenvalue weighted by Gasteiger charge is -2.26. The number of amides is 2. The van der Waals surface area contributed by atoms with Gasteiger partial charge in [-0.15, -0.1) is 0 Å². The molecule has 1 aliphatic rings. The molecule has 4 N–H and O–H groups in total. The number of halogens is 1. The van der Waals surface area contributed by atoms with Crippen LogP contribution in [-0.2, 0) is 0 Å². The van der Waals surface area contributed by atoms with Crippen molar-refractivity contribution in [3.8, 4) is 0 Å². The molecule has 0 aromatic heterocycles. The number of nitrogen functional groups attached to an aromatic ring is 1. The van der Waals surface area contributed by atoms with Gasteiger partial charge in [0.2, 0.25) is 0 Å². The van der Waals surface area contributed by atoms with Crippen LogP contribution in [0.25, 0.3) is 10.6 Å². The maximum Gasteiger partial charge on any atom is 0.262 e. The van der Waals surface area contributed by atoms with E-state index in [1.807, 2.05) is 0 Å². The summed E-state index contributed by atoms with van der Waals surface area (Å²) in [6.07, 6.45) is 6.33. The highest BCUT2D eigenvalue weighted by atomic mass is 35.5. The average molecular weight is 420 g/mol. The zero-order chi connectivity index (χ0) is 22.0. The van der Waals surface area contributed by atoms with Crippen molar-refractivity contribution in [1.82, 2.24) is 4.90 Å². The number of carbonyl (C=O) groups excluding carboxylic acids is 2. The van der Waals surface area contributed by atoms with E-state index in [0.29, 0.717) is 27.9 Å². The Hall–Kier alpha value is -3.57. The quantitative estimate of drug-likeness (QED) is 0.396. The predicted molar refractivity (Wildman–Crippen MR) is 123 cm³/mol. The second-order valence-corrected chi connectivity index (χ2v) is 7.21. The summed E-state index contributed by atoms with van der Waals surface area (Å²) >= 11 is 6.23. The van der Waals surface area contributed by atoms with Gasteiger partial charge in [0, 0.05) is 17.5 Å². The first-order valence-electron chi connectivity index (χ1n) is 9.29. The zero-order valence-corrected chi connectivity index (χ0v) is 17.3. The Morgan fingerprint density at radius 3 is 2.20 bits per heavy atom. The van der Waals surface area contributed by atoms with Crippen LogP contribution in [0.3, 0.4) is 0 Å². The fourth-order valence-corrected chi connectivity index (χ4v) is 3.78. The Morgan fingerprint density at radius 2 is 1.70 bits per heavy atom. The molecule has 0 saturated carbocycles. The van der Waals surface area contributed by atoms with Crippen LogP contribution in [0, 0.1) is 0 Å². The van der Waals surface area contributed by atoms with Crippen molar-refractivity contribution < 1.29 is 9.59 Å². The average Bonchev–Trinajstić information content (AvgIpc) is 3.01. The first kappa shape index (κ1) is 21.1. The Labute approximate surface area is 180 Å². The molecule has 6 heteroatoms. The molecule has 0 bridgehead atoms. The lowest BCUT2D eigenvalue weighted by molar-refractivity contribution is 0.0595. The first-order chi connectivity index (χ1) is 14.3. The number of hydrogen-bond acceptors (Lipinski definition) is 4. The van der Waals surface area contributed by atoms with E-state index in [9.17, 15) is 9.59 Å². The van der Waals surface area contributed by atoms with Gasteiger partial charge in [-0.25, -0.2) is 0 Å². The maximum absolute atomic E-state index is 13.0. The number of nitrogens with two attached hydrogens (primary N) is 2. The molecule has 1 unspecified atom stereocenters. The molecule has 0 spiro atoms. The van der Waals surface area contributed by atoms with E-state index in [4.69, 9.17) is 23.1 Å². The minimum atomic E-state index is -0.586. The monoisotopic (exact) mass is 419 g/mol. The SMILES string of the molecule is C=C/C=C(\C=C)c1cc(/C(Cl)=C\N)c(N)cc1C(C)N1C(=O)c2ccccc2C1=O. The molecule has 1 atom stereocenters. The van der Waals surface area contributed by atoms with E-state index in [2.05, 4.69) is 13.2 Å². The van der Waals surface area contributed by atoms with Gasteiger partial charge in [-0.05, 0) is 47.9 Å². The number of allylic oxidation sites excluding steroid dienone is 4. The highest BCUT2D eigenvalue weighted by Gasteiger charge is 2.39. The summed E-state index contributed by atoms with van der Waals surface area (Å²) in [5.41, 5.74) is 15.7. The highest BCUT2D eigenvalue weighted by molar-refractivity contribution is 6.49. The van der Waals surface area contributed by atoms with E-state index in [1.54, 1.807) is 61.5 Å². The normalized spacial score (nSPS) is 15.2. The number of anilines is 1. The lowest BCUT2D eigenvalue weighted by atomic mass is 9.91. The van der Waals surface area contributed by atoms with E-state index in [1.165, 1.54) is 11.1 Å². The fourth-order valence-electron chi connectivity index (χ4n) is 3.62. The maximum atomic E-state index is 13.0. The van der Waals surface area contributed by atoms with E-state index < -0.39 is 6.04 Å². The largest absolute Gasteiger partial charge is 0.403 e. The molecule has 2 aromatic rings.